The lowest BCUT2D eigenvalue weighted by molar-refractivity contribution is -0.135. The maximum absolute atomic E-state index is 12.0. The largest absolute Gasteiger partial charge is 0.444 e. The van der Waals surface area contributed by atoms with Crippen LogP contribution in [0.4, 0.5) is 4.79 Å². The highest BCUT2D eigenvalue weighted by molar-refractivity contribution is 5.78. The molecule has 0 aliphatic heterocycles. The molecular formula is C14H26N2O4. The molecule has 1 saturated carbocycles. The summed E-state index contributed by atoms with van der Waals surface area (Å²) in [6.07, 6.45) is 0.403. The Hall–Kier alpha value is -1.30. The van der Waals surface area contributed by atoms with Crippen molar-refractivity contribution < 1.29 is 19.4 Å². The van der Waals surface area contributed by atoms with Gasteiger partial charge in [0.2, 0.25) is 5.91 Å². The van der Waals surface area contributed by atoms with E-state index < -0.39 is 23.8 Å². The third kappa shape index (κ3) is 5.00. The predicted molar refractivity (Wildman–Crippen MR) is 75.2 cm³/mol. The molecule has 1 aliphatic carbocycles. The molecule has 20 heavy (non-hydrogen) atoms. The first kappa shape index (κ1) is 16.8. The van der Waals surface area contributed by atoms with E-state index in [1.807, 2.05) is 0 Å². The first-order valence-corrected chi connectivity index (χ1v) is 6.99. The van der Waals surface area contributed by atoms with Gasteiger partial charge in [-0.15, -0.1) is 0 Å². The lowest BCUT2D eigenvalue weighted by Crippen LogP contribution is -2.50. The first-order chi connectivity index (χ1) is 9.10. The highest BCUT2D eigenvalue weighted by Gasteiger charge is 2.35. The van der Waals surface area contributed by atoms with Crippen LogP contribution < -0.4 is 5.32 Å². The molecule has 0 heterocycles. The maximum atomic E-state index is 12.0. The number of hydrogen-bond donors (Lipinski definition) is 2. The smallest absolute Gasteiger partial charge is 0.407 e. The van der Waals surface area contributed by atoms with E-state index in [-0.39, 0.29) is 11.8 Å². The number of rotatable bonds is 2. The number of carbonyl (C=O) groups is 2. The Balaban J connectivity index is 2.59. The van der Waals surface area contributed by atoms with Crippen molar-refractivity contribution in [1.29, 1.82) is 0 Å². The van der Waals surface area contributed by atoms with Crippen molar-refractivity contribution in [3.8, 4) is 0 Å². The van der Waals surface area contributed by atoms with Crippen molar-refractivity contribution in [2.24, 2.45) is 5.92 Å². The van der Waals surface area contributed by atoms with Crippen LogP contribution in [0.3, 0.4) is 0 Å². The molecule has 0 aromatic carbocycles. The van der Waals surface area contributed by atoms with Gasteiger partial charge in [0.1, 0.15) is 5.60 Å². The minimum absolute atomic E-state index is 0.0351. The van der Waals surface area contributed by atoms with Gasteiger partial charge in [-0.25, -0.2) is 4.79 Å². The number of nitrogens with one attached hydrogen (secondary N) is 1. The van der Waals surface area contributed by atoms with E-state index in [9.17, 15) is 14.7 Å². The molecule has 0 aromatic rings. The fourth-order valence-electron chi connectivity index (χ4n) is 2.36. The minimum atomic E-state index is -0.631. The number of aliphatic hydroxyl groups excluding tert-OH is 1. The second kappa shape index (κ2) is 6.43. The van der Waals surface area contributed by atoms with E-state index in [1.165, 1.54) is 0 Å². The summed E-state index contributed by atoms with van der Waals surface area (Å²) in [5.74, 6) is -0.124. The molecule has 2 amide bonds. The second-order valence-electron chi connectivity index (χ2n) is 6.56. The Labute approximate surface area is 120 Å². The zero-order valence-corrected chi connectivity index (χ0v) is 13.0. The van der Waals surface area contributed by atoms with Crippen molar-refractivity contribution in [2.75, 3.05) is 14.1 Å². The van der Waals surface area contributed by atoms with Gasteiger partial charge >= 0.3 is 6.09 Å². The van der Waals surface area contributed by atoms with Crippen molar-refractivity contribution in [3.05, 3.63) is 0 Å². The average Bonchev–Trinajstić information content (AvgIpc) is 2.28. The van der Waals surface area contributed by atoms with Crippen LogP contribution in [0.2, 0.25) is 0 Å². The van der Waals surface area contributed by atoms with Gasteiger partial charge in [0.05, 0.1) is 12.1 Å². The summed E-state index contributed by atoms with van der Waals surface area (Å²) >= 11 is 0. The molecule has 3 atom stereocenters. The standard InChI is InChI=1S/C14H26N2O4/c1-14(2,3)20-13(19)15-10-8-9(6-7-11(10)17)12(18)16(4)5/h9-11,17H,6-8H2,1-5H3,(H,15,19)/t9-,10-,11+/m1/s1. The number of amides is 2. The summed E-state index contributed by atoms with van der Waals surface area (Å²) in [6.45, 7) is 5.34. The summed E-state index contributed by atoms with van der Waals surface area (Å²) in [7, 11) is 3.42. The number of carbonyl (C=O) groups excluding carboxylic acids is 2. The summed E-state index contributed by atoms with van der Waals surface area (Å²) in [5.41, 5.74) is -0.581. The van der Waals surface area contributed by atoms with Crippen LogP contribution in [0, 0.1) is 5.92 Å². The molecular weight excluding hydrogens is 260 g/mol. The van der Waals surface area contributed by atoms with Gasteiger partial charge in [-0.3, -0.25) is 4.79 Å². The van der Waals surface area contributed by atoms with Gasteiger partial charge < -0.3 is 20.1 Å². The molecule has 2 N–H and O–H groups in total. The average molecular weight is 286 g/mol. The van der Waals surface area contributed by atoms with Crippen molar-refractivity contribution in [2.45, 2.75) is 57.8 Å². The van der Waals surface area contributed by atoms with Crippen LogP contribution in [0.5, 0.6) is 0 Å². The Morgan fingerprint density at radius 1 is 1.25 bits per heavy atom. The van der Waals surface area contributed by atoms with Gasteiger partial charge in [0.25, 0.3) is 0 Å². The van der Waals surface area contributed by atoms with Crippen LogP contribution in [0.15, 0.2) is 0 Å². The third-order valence-corrected chi connectivity index (χ3v) is 3.31. The van der Waals surface area contributed by atoms with Gasteiger partial charge in [0.15, 0.2) is 0 Å². The highest BCUT2D eigenvalue weighted by Crippen LogP contribution is 2.26. The Bertz CT molecular complexity index is 363. The van der Waals surface area contributed by atoms with Crippen molar-refractivity contribution in [3.63, 3.8) is 0 Å². The number of nitrogens with zero attached hydrogens (tertiary/aromatic N) is 1. The molecule has 0 saturated heterocycles. The molecule has 116 valence electrons. The summed E-state index contributed by atoms with van der Waals surface area (Å²) in [6, 6.07) is -0.438. The zero-order valence-electron chi connectivity index (χ0n) is 13.0. The SMILES string of the molecule is CN(C)C(=O)[C@@H]1CC[C@H](O)[C@H](NC(=O)OC(C)(C)C)C1. The van der Waals surface area contributed by atoms with E-state index >= 15 is 0 Å². The Morgan fingerprint density at radius 2 is 1.85 bits per heavy atom. The predicted octanol–water partition coefficient (Wildman–Crippen LogP) is 1.13. The van der Waals surface area contributed by atoms with Crippen LogP contribution >= 0.6 is 0 Å². The van der Waals surface area contributed by atoms with E-state index in [2.05, 4.69) is 5.32 Å². The van der Waals surface area contributed by atoms with Crippen LogP contribution in [0.25, 0.3) is 0 Å². The first-order valence-electron chi connectivity index (χ1n) is 6.99. The molecule has 0 aromatic heterocycles. The van der Waals surface area contributed by atoms with Crippen LogP contribution in [-0.2, 0) is 9.53 Å². The molecule has 1 aliphatic rings. The molecule has 0 radical (unpaired) electrons. The normalized spacial score (nSPS) is 26.8. The molecule has 6 heteroatoms. The lowest BCUT2D eigenvalue weighted by Gasteiger charge is -2.34. The van der Waals surface area contributed by atoms with Crippen LogP contribution in [-0.4, -0.2) is 53.8 Å². The summed E-state index contributed by atoms with van der Waals surface area (Å²) in [5, 5.41) is 12.6. The number of hydrogen-bond acceptors (Lipinski definition) is 4. The number of aliphatic hydroxyl groups is 1. The van der Waals surface area contributed by atoms with Gasteiger partial charge in [0, 0.05) is 20.0 Å². The van der Waals surface area contributed by atoms with Gasteiger partial charge in [-0.2, -0.15) is 0 Å². The van der Waals surface area contributed by atoms with E-state index in [0.717, 1.165) is 0 Å². The summed E-state index contributed by atoms with van der Waals surface area (Å²) < 4.78 is 5.18. The molecule has 0 bridgehead atoms. The van der Waals surface area contributed by atoms with Crippen LogP contribution in [0.1, 0.15) is 40.0 Å². The molecule has 1 rings (SSSR count). The topological polar surface area (TPSA) is 78.9 Å². The molecule has 1 fully saturated rings. The van der Waals surface area contributed by atoms with E-state index in [1.54, 1.807) is 39.8 Å². The van der Waals surface area contributed by atoms with E-state index in [4.69, 9.17) is 4.74 Å². The summed E-state index contributed by atoms with van der Waals surface area (Å²) in [4.78, 5) is 25.3. The maximum Gasteiger partial charge on any atom is 0.407 e. The monoisotopic (exact) mass is 286 g/mol. The second-order valence-corrected chi connectivity index (χ2v) is 6.56. The van der Waals surface area contributed by atoms with Crippen molar-refractivity contribution in [1.82, 2.24) is 10.2 Å². The van der Waals surface area contributed by atoms with E-state index in [0.29, 0.717) is 19.3 Å². The lowest BCUT2D eigenvalue weighted by atomic mass is 9.83. The van der Waals surface area contributed by atoms with Gasteiger partial charge in [-0.05, 0) is 40.0 Å². The Kier molecular flexibility index (Phi) is 5.39. The number of alkyl carbamates (subject to hydrolysis) is 1. The fourth-order valence-corrected chi connectivity index (χ4v) is 2.36. The highest BCUT2D eigenvalue weighted by atomic mass is 16.6. The van der Waals surface area contributed by atoms with Gasteiger partial charge in [-0.1, -0.05) is 0 Å². The quantitative estimate of drug-likeness (QED) is 0.797. The molecule has 0 unspecified atom stereocenters. The molecule has 6 nitrogen and oxygen atoms in total. The molecule has 0 spiro atoms. The number of ether oxygens (including phenoxy) is 1. The minimum Gasteiger partial charge on any atom is -0.444 e. The zero-order chi connectivity index (χ0) is 15.5. The third-order valence-electron chi connectivity index (χ3n) is 3.31. The Morgan fingerprint density at radius 3 is 2.35 bits per heavy atom. The fraction of sp³-hybridized carbons (Fsp3) is 0.857. The van der Waals surface area contributed by atoms with Crippen molar-refractivity contribution >= 4 is 12.0 Å².